The second-order valence-electron chi connectivity index (χ2n) is 6.35. The van der Waals surface area contributed by atoms with Gasteiger partial charge in [0.25, 0.3) is 0 Å². The first-order valence-corrected chi connectivity index (χ1v) is 8.50. The first-order valence-electron chi connectivity index (χ1n) is 8.50. The first-order chi connectivity index (χ1) is 12.1. The lowest BCUT2D eigenvalue weighted by molar-refractivity contribution is -0.120. The van der Waals surface area contributed by atoms with Crippen LogP contribution >= 0.6 is 0 Å². The zero-order valence-electron chi connectivity index (χ0n) is 14.7. The fourth-order valence-electron chi connectivity index (χ4n) is 2.93. The highest BCUT2D eigenvalue weighted by Gasteiger charge is 2.16. The van der Waals surface area contributed by atoms with Crippen molar-refractivity contribution in [2.75, 3.05) is 33.9 Å². The average molecular weight is 340 g/mol. The minimum atomic E-state index is -0.000501. The van der Waals surface area contributed by atoms with E-state index in [0.29, 0.717) is 31.9 Å². The molecule has 1 heterocycles. The molecular weight excluding hydrogens is 316 g/mol. The van der Waals surface area contributed by atoms with E-state index < -0.39 is 0 Å². The lowest BCUT2D eigenvalue weighted by Gasteiger charge is -2.25. The molecule has 0 aromatic heterocycles. The van der Waals surface area contributed by atoms with Crippen molar-refractivity contribution in [2.45, 2.75) is 12.5 Å². The summed E-state index contributed by atoms with van der Waals surface area (Å²) in [6.45, 7) is 1.68. The van der Waals surface area contributed by atoms with Crippen LogP contribution in [-0.4, -0.2) is 44.7 Å². The molecule has 1 amide bonds. The first kappa shape index (κ1) is 17.3. The van der Waals surface area contributed by atoms with Gasteiger partial charge >= 0.3 is 0 Å². The third-order valence-electron chi connectivity index (χ3n) is 4.27. The number of ether oxygens (including phenoxy) is 2. The molecule has 3 rings (SSSR count). The molecule has 5 nitrogen and oxygen atoms in total. The van der Waals surface area contributed by atoms with E-state index in [2.05, 4.69) is 22.3 Å². The number of carbonyl (C=O) groups is 1. The molecule has 0 saturated heterocycles. The van der Waals surface area contributed by atoms with Gasteiger partial charge in [0.05, 0.1) is 12.5 Å². The van der Waals surface area contributed by atoms with Crippen molar-refractivity contribution < 1.29 is 14.3 Å². The maximum atomic E-state index is 12.3. The molecule has 0 aliphatic carbocycles. The normalized spacial score (nSPS) is 14.2. The fraction of sp³-hybridized carbons (Fsp3) is 0.350. The van der Waals surface area contributed by atoms with E-state index >= 15 is 0 Å². The van der Waals surface area contributed by atoms with Crippen LogP contribution in [0.2, 0.25) is 0 Å². The van der Waals surface area contributed by atoms with E-state index in [-0.39, 0.29) is 11.9 Å². The molecular formula is C20H24N2O3. The Kier molecular flexibility index (Phi) is 5.56. The van der Waals surface area contributed by atoms with Crippen LogP contribution in [0.3, 0.4) is 0 Å². The second kappa shape index (κ2) is 8.03. The number of nitrogens with one attached hydrogen (secondary N) is 1. The van der Waals surface area contributed by atoms with E-state index in [9.17, 15) is 4.79 Å². The van der Waals surface area contributed by atoms with Gasteiger partial charge in [-0.25, -0.2) is 0 Å². The summed E-state index contributed by atoms with van der Waals surface area (Å²) in [5, 5.41) is 3.04. The molecule has 2 aromatic rings. The van der Waals surface area contributed by atoms with E-state index in [1.807, 2.05) is 50.5 Å². The van der Waals surface area contributed by atoms with Gasteiger partial charge in [-0.1, -0.05) is 36.4 Å². The van der Waals surface area contributed by atoms with E-state index in [0.717, 1.165) is 11.3 Å². The van der Waals surface area contributed by atoms with Gasteiger partial charge in [0.15, 0.2) is 11.5 Å². The molecule has 0 fully saturated rings. The molecule has 0 spiro atoms. The summed E-state index contributed by atoms with van der Waals surface area (Å²) < 4.78 is 11.1. The second-order valence-corrected chi connectivity index (χ2v) is 6.35. The van der Waals surface area contributed by atoms with E-state index in [1.54, 1.807) is 0 Å². The van der Waals surface area contributed by atoms with Gasteiger partial charge in [0.2, 0.25) is 5.91 Å². The summed E-state index contributed by atoms with van der Waals surface area (Å²) in [5.41, 5.74) is 2.11. The van der Waals surface area contributed by atoms with E-state index in [4.69, 9.17) is 9.47 Å². The molecule has 1 aliphatic rings. The predicted molar refractivity (Wildman–Crippen MR) is 97.0 cm³/mol. The maximum Gasteiger partial charge on any atom is 0.224 e. The third kappa shape index (κ3) is 4.51. The Morgan fingerprint density at radius 2 is 1.80 bits per heavy atom. The summed E-state index contributed by atoms with van der Waals surface area (Å²) in [6.07, 6.45) is 0.325. The van der Waals surface area contributed by atoms with Crippen LogP contribution in [0.15, 0.2) is 48.5 Å². The van der Waals surface area contributed by atoms with Gasteiger partial charge in [-0.2, -0.15) is 0 Å². The topological polar surface area (TPSA) is 50.8 Å². The number of benzene rings is 2. The van der Waals surface area contributed by atoms with Gasteiger partial charge in [-0.15, -0.1) is 0 Å². The van der Waals surface area contributed by atoms with Crippen molar-refractivity contribution in [1.82, 2.24) is 10.2 Å². The lowest BCUT2D eigenvalue weighted by atomic mass is 10.1. The zero-order valence-corrected chi connectivity index (χ0v) is 14.7. The Morgan fingerprint density at radius 3 is 2.52 bits per heavy atom. The monoisotopic (exact) mass is 340 g/mol. The number of likely N-dealkylation sites (N-methyl/N-ethyl adjacent to an activating group) is 1. The average Bonchev–Trinajstić information content (AvgIpc) is 2.62. The summed E-state index contributed by atoms with van der Waals surface area (Å²) in [6, 6.07) is 16.0. The van der Waals surface area contributed by atoms with Crippen LogP contribution < -0.4 is 14.8 Å². The Balaban J connectivity index is 1.58. The SMILES string of the molecule is CN(C)C(CNC(=O)Cc1ccc2c(c1)OCCO2)c1ccccc1. The third-order valence-corrected chi connectivity index (χ3v) is 4.27. The highest BCUT2D eigenvalue weighted by atomic mass is 16.6. The van der Waals surface area contributed by atoms with Crippen LogP contribution in [0.5, 0.6) is 11.5 Å². The van der Waals surface area contributed by atoms with Crippen molar-refractivity contribution in [3.05, 3.63) is 59.7 Å². The van der Waals surface area contributed by atoms with Gasteiger partial charge < -0.3 is 19.7 Å². The largest absolute Gasteiger partial charge is 0.486 e. The van der Waals surface area contributed by atoms with Crippen molar-refractivity contribution in [3.63, 3.8) is 0 Å². The van der Waals surface area contributed by atoms with Gasteiger partial charge in [0, 0.05) is 6.54 Å². The molecule has 25 heavy (non-hydrogen) atoms. The number of hydrogen-bond donors (Lipinski definition) is 1. The van der Waals surface area contributed by atoms with E-state index in [1.165, 1.54) is 5.56 Å². The van der Waals surface area contributed by atoms with Crippen LogP contribution in [0.1, 0.15) is 17.2 Å². The van der Waals surface area contributed by atoms with Gasteiger partial charge in [-0.3, -0.25) is 4.79 Å². The molecule has 5 heteroatoms. The molecule has 1 aliphatic heterocycles. The smallest absolute Gasteiger partial charge is 0.224 e. The number of amides is 1. The summed E-state index contributed by atoms with van der Waals surface area (Å²) in [7, 11) is 4.04. The number of hydrogen-bond acceptors (Lipinski definition) is 4. The maximum absolute atomic E-state index is 12.3. The number of rotatable bonds is 6. The standard InChI is InChI=1S/C20H24N2O3/c1-22(2)17(16-6-4-3-5-7-16)14-21-20(23)13-15-8-9-18-19(12-15)25-11-10-24-18/h3-9,12,17H,10-11,13-14H2,1-2H3,(H,21,23). The highest BCUT2D eigenvalue weighted by molar-refractivity contribution is 5.78. The Hall–Kier alpha value is -2.53. The Morgan fingerprint density at radius 1 is 1.08 bits per heavy atom. The van der Waals surface area contributed by atoms with Crippen molar-refractivity contribution in [2.24, 2.45) is 0 Å². The van der Waals surface area contributed by atoms with Crippen LogP contribution in [-0.2, 0) is 11.2 Å². The van der Waals surface area contributed by atoms with Crippen LogP contribution in [0, 0.1) is 0 Å². The number of carbonyl (C=O) groups excluding carboxylic acids is 1. The zero-order chi connectivity index (χ0) is 17.6. The van der Waals surface area contributed by atoms with Crippen LogP contribution in [0.25, 0.3) is 0 Å². The van der Waals surface area contributed by atoms with Crippen molar-refractivity contribution in [3.8, 4) is 11.5 Å². The summed E-state index contributed by atoms with van der Waals surface area (Å²) >= 11 is 0. The van der Waals surface area contributed by atoms with Gasteiger partial charge in [0.1, 0.15) is 13.2 Å². The molecule has 132 valence electrons. The number of nitrogens with zero attached hydrogens (tertiary/aromatic N) is 1. The van der Waals surface area contributed by atoms with Gasteiger partial charge in [-0.05, 0) is 37.4 Å². The summed E-state index contributed by atoms with van der Waals surface area (Å²) in [5.74, 6) is 1.46. The van der Waals surface area contributed by atoms with Crippen molar-refractivity contribution >= 4 is 5.91 Å². The Bertz CT molecular complexity index is 716. The predicted octanol–water partition coefficient (Wildman–Crippen LogP) is 2.42. The highest BCUT2D eigenvalue weighted by Crippen LogP contribution is 2.30. The minimum absolute atomic E-state index is 0.000501. The molecule has 0 bridgehead atoms. The van der Waals surface area contributed by atoms with Crippen LogP contribution in [0.4, 0.5) is 0 Å². The molecule has 2 aromatic carbocycles. The number of fused-ring (bicyclic) bond motifs is 1. The molecule has 0 radical (unpaired) electrons. The van der Waals surface area contributed by atoms with Crippen molar-refractivity contribution in [1.29, 1.82) is 0 Å². The summed E-state index contributed by atoms with van der Waals surface area (Å²) in [4.78, 5) is 14.4. The molecule has 1 N–H and O–H groups in total. The lowest BCUT2D eigenvalue weighted by Crippen LogP contribution is -2.35. The minimum Gasteiger partial charge on any atom is -0.486 e. The molecule has 0 saturated carbocycles. The molecule has 1 unspecified atom stereocenters. The fourth-order valence-corrected chi connectivity index (χ4v) is 2.93. The molecule has 1 atom stereocenters. The Labute approximate surface area is 148 Å². The quantitative estimate of drug-likeness (QED) is 0.877.